The lowest BCUT2D eigenvalue weighted by molar-refractivity contribution is -0.137. The normalized spacial score (nSPS) is 10.6. The number of benzene rings is 1. The van der Waals surface area contributed by atoms with E-state index in [9.17, 15) is 9.59 Å². The van der Waals surface area contributed by atoms with E-state index in [0.29, 0.717) is 12.2 Å². The zero-order valence-corrected chi connectivity index (χ0v) is 14.4. The van der Waals surface area contributed by atoms with Crippen LogP contribution in [-0.2, 0) is 20.7 Å². The van der Waals surface area contributed by atoms with Crippen molar-refractivity contribution in [2.75, 3.05) is 13.7 Å². The molecule has 2 aromatic rings. The van der Waals surface area contributed by atoms with Gasteiger partial charge in [-0.05, 0) is 55.7 Å². The fourth-order valence-corrected chi connectivity index (χ4v) is 2.23. The number of carbonyl (C=O) groups excluding carboxylic acids is 2. The Morgan fingerprint density at radius 2 is 1.88 bits per heavy atom. The van der Waals surface area contributed by atoms with Crippen LogP contribution in [-0.4, -0.2) is 30.6 Å². The molecule has 0 amide bonds. The number of ether oxygens (including phenoxy) is 2. The standard InChI is InChI=1S/C20H21NO4/c1-15-5-3-6-18(21-15)7-4-14-25-19(22)13-10-16-8-11-17(12-9-16)20(23)24-2/h3,5-6,8-13H,4,7,14H2,1-2H3. The minimum Gasteiger partial charge on any atom is -0.465 e. The minimum atomic E-state index is -0.394. The highest BCUT2D eigenvalue weighted by Crippen LogP contribution is 2.08. The summed E-state index contributed by atoms with van der Waals surface area (Å²) in [5.74, 6) is -0.785. The number of esters is 2. The summed E-state index contributed by atoms with van der Waals surface area (Å²) in [4.78, 5) is 27.4. The maximum Gasteiger partial charge on any atom is 0.337 e. The molecule has 0 spiro atoms. The van der Waals surface area contributed by atoms with Crippen LogP contribution in [0, 0.1) is 6.92 Å². The van der Waals surface area contributed by atoms with Crippen LogP contribution in [0.2, 0.25) is 0 Å². The maximum atomic E-state index is 11.7. The van der Waals surface area contributed by atoms with E-state index >= 15 is 0 Å². The first-order chi connectivity index (χ1) is 12.1. The van der Waals surface area contributed by atoms with Crippen LogP contribution < -0.4 is 0 Å². The van der Waals surface area contributed by atoms with Gasteiger partial charge < -0.3 is 9.47 Å². The van der Waals surface area contributed by atoms with Crippen molar-refractivity contribution in [2.45, 2.75) is 19.8 Å². The first kappa shape index (κ1) is 18.4. The average molecular weight is 339 g/mol. The largest absolute Gasteiger partial charge is 0.465 e. The Labute approximate surface area is 147 Å². The van der Waals surface area contributed by atoms with Gasteiger partial charge in [0.2, 0.25) is 0 Å². The van der Waals surface area contributed by atoms with Crippen LogP contribution in [0.5, 0.6) is 0 Å². The molecule has 0 unspecified atom stereocenters. The summed E-state index contributed by atoms with van der Waals surface area (Å²) >= 11 is 0. The second kappa shape index (κ2) is 9.37. The highest BCUT2D eigenvalue weighted by atomic mass is 16.5. The highest BCUT2D eigenvalue weighted by Gasteiger charge is 2.04. The van der Waals surface area contributed by atoms with Gasteiger partial charge in [-0.15, -0.1) is 0 Å². The molecule has 0 fully saturated rings. The van der Waals surface area contributed by atoms with E-state index in [1.807, 2.05) is 25.1 Å². The van der Waals surface area contributed by atoms with Gasteiger partial charge in [0, 0.05) is 17.5 Å². The molecule has 0 radical (unpaired) electrons. The summed E-state index contributed by atoms with van der Waals surface area (Å²) in [6.07, 6.45) is 4.51. The molecule has 130 valence electrons. The molecule has 1 aromatic carbocycles. The lowest BCUT2D eigenvalue weighted by atomic mass is 10.1. The van der Waals surface area contributed by atoms with Gasteiger partial charge in [0.05, 0.1) is 19.3 Å². The van der Waals surface area contributed by atoms with E-state index < -0.39 is 11.9 Å². The minimum absolute atomic E-state index is 0.347. The fourth-order valence-electron chi connectivity index (χ4n) is 2.23. The predicted molar refractivity (Wildman–Crippen MR) is 95.1 cm³/mol. The Hall–Kier alpha value is -2.95. The van der Waals surface area contributed by atoms with E-state index in [-0.39, 0.29) is 0 Å². The molecule has 0 aliphatic carbocycles. The first-order valence-corrected chi connectivity index (χ1v) is 8.04. The Morgan fingerprint density at radius 1 is 1.12 bits per heavy atom. The van der Waals surface area contributed by atoms with Crippen molar-refractivity contribution in [3.05, 3.63) is 71.1 Å². The van der Waals surface area contributed by atoms with Crippen molar-refractivity contribution in [3.8, 4) is 0 Å². The van der Waals surface area contributed by atoms with Crippen LogP contribution in [0.4, 0.5) is 0 Å². The number of hydrogen-bond acceptors (Lipinski definition) is 5. The topological polar surface area (TPSA) is 65.5 Å². The van der Waals surface area contributed by atoms with E-state index in [1.54, 1.807) is 30.3 Å². The zero-order valence-electron chi connectivity index (χ0n) is 14.4. The molecule has 0 N–H and O–H groups in total. The van der Waals surface area contributed by atoms with Crippen LogP contribution in [0.25, 0.3) is 6.08 Å². The van der Waals surface area contributed by atoms with E-state index in [1.165, 1.54) is 13.2 Å². The Balaban J connectivity index is 1.74. The van der Waals surface area contributed by atoms with Crippen molar-refractivity contribution in [2.24, 2.45) is 0 Å². The van der Waals surface area contributed by atoms with Gasteiger partial charge in [0.25, 0.3) is 0 Å². The van der Waals surface area contributed by atoms with Crippen LogP contribution in [0.15, 0.2) is 48.5 Å². The maximum absolute atomic E-state index is 11.7. The number of methoxy groups -OCH3 is 1. The molecule has 5 heteroatoms. The smallest absolute Gasteiger partial charge is 0.337 e. The summed E-state index contributed by atoms with van der Waals surface area (Å²) in [5, 5.41) is 0. The van der Waals surface area contributed by atoms with E-state index in [0.717, 1.165) is 29.8 Å². The molecule has 0 atom stereocenters. The van der Waals surface area contributed by atoms with Crippen LogP contribution >= 0.6 is 0 Å². The van der Waals surface area contributed by atoms with Crippen molar-refractivity contribution < 1.29 is 19.1 Å². The molecule has 0 saturated heterocycles. The molecule has 1 heterocycles. The summed E-state index contributed by atoms with van der Waals surface area (Å²) in [5.41, 5.74) is 3.24. The van der Waals surface area contributed by atoms with Gasteiger partial charge >= 0.3 is 11.9 Å². The third-order valence-electron chi connectivity index (χ3n) is 3.51. The molecule has 0 aliphatic rings. The summed E-state index contributed by atoms with van der Waals surface area (Å²) in [6.45, 7) is 2.30. The van der Waals surface area contributed by atoms with E-state index in [4.69, 9.17) is 4.74 Å². The Kier molecular flexibility index (Phi) is 6.89. The van der Waals surface area contributed by atoms with Gasteiger partial charge in [-0.25, -0.2) is 9.59 Å². The number of rotatable bonds is 7. The third kappa shape index (κ3) is 6.22. The average Bonchev–Trinajstić information content (AvgIpc) is 2.63. The Bertz CT molecular complexity index is 751. The SMILES string of the molecule is COC(=O)c1ccc(C=CC(=O)OCCCc2cccc(C)n2)cc1. The predicted octanol–water partition coefficient (Wildman–Crippen LogP) is 3.37. The number of hydrogen-bond donors (Lipinski definition) is 0. The number of nitrogens with zero attached hydrogens (tertiary/aromatic N) is 1. The van der Waals surface area contributed by atoms with Crippen molar-refractivity contribution in [1.29, 1.82) is 0 Å². The molecule has 5 nitrogen and oxygen atoms in total. The number of carbonyl (C=O) groups is 2. The molecule has 0 saturated carbocycles. The van der Waals surface area contributed by atoms with Crippen molar-refractivity contribution in [3.63, 3.8) is 0 Å². The molecular formula is C20H21NO4. The molecule has 0 bridgehead atoms. The number of aromatic nitrogens is 1. The molecule has 0 aliphatic heterocycles. The van der Waals surface area contributed by atoms with Gasteiger partial charge in [0.1, 0.15) is 0 Å². The van der Waals surface area contributed by atoms with Gasteiger partial charge in [-0.1, -0.05) is 18.2 Å². The van der Waals surface area contributed by atoms with Gasteiger partial charge in [-0.2, -0.15) is 0 Å². The summed E-state index contributed by atoms with van der Waals surface area (Å²) < 4.78 is 9.80. The van der Waals surface area contributed by atoms with Gasteiger partial charge in [-0.3, -0.25) is 4.98 Å². The monoisotopic (exact) mass is 339 g/mol. The van der Waals surface area contributed by atoms with Gasteiger partial charge in [0.15, 0.2) is 0 Å². The molecule has 2 rings (SSSR count). The lowest BCUT2D eigenvalue weighted by Crippen LogP contribution is -2.04. The number of aryl methyl sites for hydroxylation is 2. The summed E-state index contributed by atoms with van der Waals surface area (Å²) in [6, 6.07) is 12.6. The van der Waals surface area contributed by atoms with Crippen LogP contribution in [0.3, 0.4) is 0 Å². The van der Waals surface area contributed by atoms with E-state index in [2.05, 4.69) is 9.72 Å². The van der Waals surface area contributed by atoms with Crippen LogP contribution in [0.1, 0.15) is 33.7 Å². The zero-order chi connectivity index (χ0) is 18.1. The quantitative estimate of drug-likeness (QED) is 0.440. The van der Waals surface area contributed by atoms with Crippen molar-refractivity contribution in [1.82, 2.24) is 4.98 Å². The first-order valence-electron chi connectivity index (χ1n) is 8.04. The molecule has 25 heavy (non-hydrogen) atoms. The highest BCUT2D eigenvalue weighted by molar-refractivity contribution is 5.90. The van der Waals surface area contributed by atoms with Crippen molar-refractivity contribution >= 4 is 18.0 Å². The lowest BCUT2D eigenvalue weighted by Gasteiger charge is -2.03. The molecule has 1 aromatic heterocycles. The molecular weight excluding hydrogens is 318 g/mol. The second-order valence-electron chi connectivity index (χ2n) is 5.49. The fraction of sp³-hybridized carbons (Fsp3) is 0.250. The number of pyridine rings is 1. The second-order valence-corrected chi connectivity index (χ2v) is 5.49. The Morgan fingerprint density at radius 3 is 2.56 bits per heavy atom. The third-order valence-corrected chi connectivity index (χ3v) is 3.51. The summed E-state index contributed by atoms with van der Waals surface area (Å²) in [7, 11) is 1.33.